The van der Waals surface area contributed by atoms with E-state index in [-0.39, 0.29) is 5.97 Å². The average Bonchev–Trinajstić information content (AvgIpc) is 3.14. The van der Waals surface area contributed by atoms with Gasteiger partial charge in [-0.25, -0.2) is 4.99 Å². The van der Waals surface area contributed by atoms with E-state index >= 15 is 0 Å². The number of ether oxygens (including phenoxy) is 1. The number of hydrogen-bond acceptors (Lipinski definition) is 6. The highest BCUT2D eigenvalue weighted by molar-refractivity contribution is 8.15. The lowest BCUT2D eigenvalue weighted by Gasteiger charge is -2.40. The molecule has 2 aromatic carbocycles. The first-order valence-electron chi connectivity index (χ1n) is 10.6. The van der Waals surface area contributed by atoms with Crippen molar-refractivity contribution >= 4 is 34.3 Å². The molecule has 0 aromatic heterocycles. The molecule has 5 nitrogen and oxygen atoms in total. The first kappa shape index (κ1) is 19.5. The number of piperidine rings is 1. The molecule has 1 fully saturated rings. The second-order valence-electron chi connectivity index (χ2n) is 8.43. The molecule has 1 spiro atoms. The number of fused-ring (bicyclic) bond motifs is 4. The fourth-order valence-electron chi connectivity index (χ4n) is 5.21. The number of rotatable bonds is 1. The van der Waals surface area contributed by atoms with Gasteiger partial charge in [0.2, 0.25) is 0 Å². The first-order valence-corrected chi connectivity index (χ1v) is 11.5. The fourth-order valence-corrected chi connectivity index (χ4v) is 6.77. The number of nitrogens with zero attached hydrogens (tertiary/aromatic N) is 2. The van der Waals surface area contributed by atoms with Crippen molar-refractivity contribution in [2.24, 2.45) is 4.99 Å². The maximum atomic E-state index is 13.1. The normalized spacial score (nSPS) is 26.4. The van der Waals surface area contributed by atoms with E-state index in [1.54, 1.807) is 11.8 Å². The van der Waals surface area contributed by atoms with E-state index < -0.39 is 10.8 Å². The number of nitrogens with one attached hydrogen (secondary N) is 1. The van der Waals surface area contributed by atoms with Crippen LogP contribution in [0.15, 0.2) is 53.5 Å². The maximum Gasteiger partial charge on any atom is 0.322 e. The van der Waals surface area contributed by atoms with E-state index in [2.05, 4.69) is 48.3 Å². The number of likely N-dealkylation sites (tertiary alicyclic amines) is 1. The molecule has 1 N–H and O–H groups in total. The van der Waals surface area contributed by atoms with E-state index in [0.717, 1.165) is 40.5 Å². The predicted molar refractivity (Wildman–Crippen MR) is 122 cm³/mol. The molecule has 0 bridgehead atoms. The monoisotopic (exact) mass is 421 g/mol. The molecular formula is C24H27N3O2S. The van der Waals surface area contributed by atoms with Crippen LogP contribution < -0.4 is 5.32 Å². The molecule has 3 atom stereocenters. The van der Waals surface area contributed by atoms with Crippen LogP contribution in [0.5, 0.6) is 0 Å². The number of methoxy groups -OCH3 is 1. The van der Waals surface area contributed by atoms with Gasteiger partial charge in [0.15, 0.2) is 5.17 Å². The Hall–Kier alpha value is -2.47. The molecule has 3 heterocycles. The quantitative estimate of drug-likeness (QED) is 0.664. The third kappa shape index (κ3) is 2.77. The molecule has 0 amide bonds. The van der Waals surface area contributed by atoms with Crippen molar-refractivity contribution in [3.05, 3.63) is 59.7 Å². The second kappa shape index (κ2) is 7.34. The molecule has 0 saturated carbocycles. The lowest BCUT2D eigenvalue weighted by Crippen LogP contribution is -2.46. The van der Waals surface area contributed by atoms with Crippen molar-refractivity contribution in [3.8, 4) is 0 Å². The van der Waals surface area contributed by atoms with Crippen LogP contribution in [0.3, 0.4) is 0 Å². The number of thioether (sulfide) groups is 1. The van der Waals surface area contributed by atoms with Crippen LogP contribution >= 0.6 is 11.8 Å². The minimum absolute atomic E-state index is 0.234. The molecule has 156 valence electrons. The molecule has 3 unspecified atom stereocenters. The maximum absolute atomic E-state index is 13.1. The van der Waals surface area contributed by atoms with E-state index in [9.17, 15) is 4.79 Å². The van der Waals surface area contributed by atoms with Crippen molar-refractivity contribution in [2.75, 3.05) is 12.4 Å². The molecular weight excluding hydrogens is 394 g/mol. The van der Waals surface area contributed by atoms with Gasteiger partial charge >= 0.3 is 5.97 Å². The van der Waals surface area contributed by atoms with E-state index in [1.165, 1.54) is 13.5 Å². The zero-order chi connectivity index (χ0) is 20.9. The van der Waals surface area contributed by atoms with Crippen LogP contribution in [0.2, 0.25) is 0 Å². The molecule has 0 aliphatic carbocycles. The van der Waals surface area contributed by atoms with Gasteiger partial charge in [-0.2, -0.15) is 0 Å². The SMILES string of the molecule is COC(=O)C1SC(N2C(C)CCCC2C)=NC12c1ccccc1Nc1ccccc12. The Labute approximate surface area is 181 Å². The molecule has 3 aliphatic heterocycles. The Morgan fingerprint density at radius 2 is 1.63 bits per heavy atom. The molecule has 2 aromatic rings. The topological polar surface area (TPSA) is 53.9 Å². The van der Waals surface area contributed by atoms with Crippen molar-refractivity contribution < 1.29 is 9.53 Å². The van der Waals surface area contributed by atoms with Crippen molar-refractivity contribution in [3.63, 3.8) is 0 Å². The largest absolute Gasteiger partial charge is 0.468 e. The second-order valence-corrected chi connectivity index (χ2v) is 9.51. The lowest BCUT2D eigenvalue weighted by atomic mass is 9.76. The number of hydrogen-bond donors (Lipinski definition) is 1. The van der Waals surface area contributed by atoms with Crippen molar-refractivity contribution in [2.45, 2.75) is 56.0 Å². The van der Waals surface area contributed by atoms with Gasteiger partial charge in [-0.1, -0.05) is 48.2 Å². The fraction of sp³-hybridized carbons (Fsp3) is 0.417. The summed E-state index contributed by atoms with van der Waals surface area (Å²) in [6.45, 7) is 4.53. The summed E-state index contributed by atoms with van der Waals surface area (Å²) in [7, 11) is 1.47. The number of anilines is 2. The van der Waals surface area contributed by atoms with E-state index in [4.69, 9.17) is 9.73 Å². The Bertz CT molecular complexity index is 966. The van der Waals surface area contributed by atoms with E-state index in [0.29, 0.717) is 12.1 Å². The van der Waals surface area contributed by atoms with Crippen LogP contribution in [0, 0.1) is 0 Å². The van der Waals surface area contributed by atoms with Crippen molar-refractivity contribution in [1.82, 2.24) is 4.90 Å². The molecule has 0 radical (unpaired) electrons. The number of carbonyl (C=O) groups is 1. The summed E-state index contributed by atoms with van der Waals surface area (Å²) in [5.41, 5.74) is 3.24. The molecule has 30 heavy (non-hydrogen) atoms. The van der Waals surface area contributed by atoms with Crippen LogP contribution in [-0.2, 0) is 15.1 Å². The minimum atomic E-state index is -0.803. The lowest BCUT2D eigenvalue weighted by molar-refractivity contribution is -0.140. The first-order chi connectivity index (χ1) is 14.6. The number of amidine groups is 1. The Morgan fingerprint density at radius 1 is 1.07 bits per heavy atom. The number of carbonyl (C=O) groups excluding carboxylic acids is 1. The predicted octanol–water partition coefficient (Wildman–Crippen LogP) is 4.89. The van der Waals surface area contributed by atoms with Gasteiger partial charge in [-0.3, -0.25) is 4.79 Å². The Kier molecular flexibility index (Phi) is 4.77. The number of para-hydroxylation sites is 2. The van der Waals surface area contributed by atoms with Crippen LogP contribution in [0.4, 0.5) is 11.4 Å². The van der Waals surface area contributed by atoms with Crippen LogP contribution in [0.1, 0.15) is 44.2 Å². The molecule has 6 heteroatoms. The Morgan fingerprint density at radius 3 is 2.20 bits per heavy atom. The summed E-state index contributed by atoms with van der Waals surface area (Å²) in [6, 6.07) is 17.2. The summed E-state index contributed by atoms with van der Waals surface area (Å²) >= 11 is 1.56. The van der Waals surface area contributed by atoms with Gasteiger partial charge in [0.1, 0.15) is 10.8 Å². The van der Waals surface area contributed by atoms with Crippen LogP contribution in [-0.4, -0.2) is 40.5 Å². The summed E-state index contributed by atoms with van der Waals surface area (Å²) in [5.74, 6) is -0.234. The molecule has 5 rings (SSSR count). The van der Waals surface area contributed by atoms with Gasteiger partial charge < -0.3 is 15.0 Å². The molecule has 3 aliphatic rings. The standard InChI is InChI=1S/C24H27N3O2S/c1-15-9-8-10-16(2)27(15)23-26-24(21(30-23)22(28)29-3)17-11-4-6-13-19(17)25-20-14-7-5-12-18(20)24/h4-7,11-16,21,25H,8-10H2,1-3H3. The number of esters is 1. The van der Waals surface area contributed by atoms with E-state index in [1.807, 2.05) is 24.3 Å². The summed E-state index contributed by atoms with van der Waals surface area (Å²) < 4.78 is 5.31. The number of benzene rings is 2. The summed E-state index contributed by atoms with van der Waals surface area (Å²) in [5, 5.41) is 4.02. The third-order valence-electron chi connectivity index (χ3n) is 6.65. The van der Waals surface area contributed by atoms with Gasteiger partial charge in [0, 0.05) is 34.6 Å². The average molecular weight is 422 g/mol. The molecule has 1 saturated heterocycles. The van der Waals surface area contributed by atoms with Crippen molar-refractivity contribution in [1.29, 1.82) is 0 Å². The highest BCUT2D eigenvalue weighted by Gasteiger charge is 2.56. The summed E-state index contributed by atoms with van der Waals surface area (Å²) in [4.78, 5) is 21.0. The smallest absolute Gasteiger partial charge is 0.322 e. The highest BCUT2D eigenvalue weighted by Crippen LogP contribution is 2.56. The third-order valence-corrected chi connectivity index (χ3v) is 7.93. The van der Waals surface area contributed by atoms with Gasteiger partial charge in [0.25, 0.3) is 0 Å². The van der Waals surface area contributed by atoms with Gasteiger partial charge in [0.05, 0.1) is 7.11 Å². The zero-order valence-electron chi connectivity index (χ0n) is 17.6. The number of aliphatic imine (C=N–C) groups is 1. The zero-order valence-corrected chi connectivity index (χ0v) is 18.4. The minimum Gasteiger partial charge on any atom is -0.468 e. The Balaban J connectivity index is 1.75. The highest BCUT2D eigenvalue weighted by atomic mass is 32.2. The van der Waals surface area contributed by atoms with Gasteiger partial charge in [-0.15, -0.1) is 0 Å². The van der Waals surface area contributed by atoms with Crippen LogP contribution in [0.25, 0.3) is 0 Å². The summed E-state index contributed by atoms with van der Waals surface area (Å²) in [6.07, 6.45) is 3.53. The van der Waals surface area contributed by atoms with Gasteiger partial charge in [-0.05, 0) is 45.2 Å².